The largest absolute Gasteiger partial charge is 0.463 e. The van der Waals surface area contributed by atoms with Crippen molar-refractivity contribution in [2.24, 2.45) is 17.3 Å². The molecule has 2 aliphatic heterocycles. The second-order valence-electron chi connectivity index (χ2n) is 7.14. The number of Topliss-reactive ketones (excluding diaryl/α,β-unsaturated/α-hetero) is 1. The lowest BCUT2D eigenvalue weighted by molar-refractivity contribution is -0.250. The summed E-state index contributed by atoms with van der Waals surface area (Å²) in [5, 5.41) is 11.0. The molecule has 7 nitrogen and oxygen atoms in total. The lowest BCUT2D eigenvalue weighted by Gasteiger charge is -2.49. The van der Waals surface area contributed by atoms with Crippen LogP contribution < -0.4 is 0 Å². The van der Waals surface area contributed by atoms with Gasteiger partial charge in [-0.2, -0.15) is 0 Å². The Hall–Kier alpha value is -1.73. The predicted molar refractivity (Wildman–Crippen MR) is 80.5 cm³/mol. The number of hydrogen-bond donors (Lipinski definition) is 1. The van der Waals surface area contributed by atoms with Gasteiger partial charge in [-0.3, -0.25) is 9.59 Å². The number of allylic oxidation sites excluding steroid dienone is 1. The van der Waals surface area contributed by atoms with Crippen LogP contribution in [-0.4, -0.2) is 47.4 Å². The van der Waals surface area contributed by atoms with Crippen molar-refractivity contribution in [3.63, 3.8) is 0 Å². The molecule has 2 fully saturated rings. The number of fused-ring (bicyclic) bond motifs is 2. The molecule has 1 aliphatic carbocycles. The number of esters is 2. The van der Waals surface area contributed by atoms with Gasteiger partial charge in [-0.15, -0.1) is 0 Å². The van der Waals surface area contributed by atoms with Crippen LogP contribution in [-0.2, 0) is 28.6 Å². The van der Waals surface area contributed by atoms with E-state index < -0.39 is 41.3 Å². The van der Waals surface area contributed by atoms with Gasteiger partial charge in [0.05, 0.1) is 12.0 Å². The minimum absolute atomic E-state index is 0.153. The highest BCUT2D eigenvalue weighted by molar-refractivity contribution is 6.01. The van der Waals surface area contributed by atoms with Crippen molar-refractivity contribution in [1.29, 1.82) is 0 Å². The molecule has 1 spiro atoms. The molecule has 0 aromatic rings. The second-order valence-corrected chi connectivity index (χ2v) is 7.14. The van der Waals surface area contributed by atoms with Gasteiger partial charge in [-0.05, 0) is 31.8 Å². The van der Waals surface area contributed by atoms with Crippen LogP contribution in [0.4, 0.5) is 0 Å². The molecule has 2 heterocycles. The Morgan fingerprint density at radius 3 is 2.71 bits per heavy atom. The number of ether oxygens (including phenoxy) is 3. The van der Waals surface area contributed by atoms with E-state index in [4.69, 9.17) is 14.2 Å². The van der Waals surface area contributed by atoms with Crippen molar-refractivity contribution in [1.82, 2.24) is 0 Å². The van der Waals surface area contributed by atoms with Crippen LogP contribution in [0.2, 0.25) is 0 Å². The Morgan fingerprint density at radius 1 is 1.42 bits per heavy atom. The molecule has 0 radical (unpaired) electrons. The molecular weight excluding hydrogens is 316 g/mol. The monoisotopic (exact) mass is 338 g/mol. The fourth-order valence-corrected chi connectivity index (χ4v) is 4.45. The van der Waals surface area contributed by atoms with Gasteiger partial charge in [0.25, 0.3) is 0 Å². The molecular formula is C17H22O7. The first-order chi connectivity index (χ1) is 11.1. The fourth-order valence-electron chi connectivity index (χ4n) is 4.45. The van der Waals surface area contributed by atoms with E-state index in [2.05, 4.69) is 0 Å². The molecule has 0 aromatic carbocycles. The van der Waals surface area contributed by atoms with Crippen molar-refractivity contribution in [3.05, 3.63) is 11.6 Å². The van der Waals surface area contributed by atoms with Crippen LogP contribution in [0.25, 0.3) is 0 Å². The van der Waals surface area contributed by atoms with Crippen molar-refractivity contribution in [3.8, 4) is 0 Å². The average Bonchev–Trinajstić information content (AvgIpc) is 2.73. The van der Waals surface area contributed by atoms with E-state index in [1.807, 2.05) is 6.92 Å². The summed E-state index contributed by atoms with van der Waals surface area (Å²) in [5.41, 5.74) is -0.754. The normalized spacial score (nSPS) is 44.8. The summed E-state index contributed by atoms with van der Waals surface area (Å²) in [4.78, 5) is 36.5. The first-order valence-corrected chi connectivity index (χ1v) is 8.07. The minimum atomic E-state index is -1.81. The molecule has 6 atom stereocenters. The second kappa shape index (κ2) is 5.39. The quantitative estimate of drug-likeness (QED) is 0.704. The number of carbonyl (C=O) groups excluding carboxylic acids is 3. The Bertz CT molecular complexity index is 635. The van der Waals surface area contributed by atoms with Gasteiger partial charge in [0, 0.05) is 12.8 Å². The van der Waals surface area contributed by atoms with Crippen molar-refractivity contribution in [2.75, 3.05) is 6.61 Å². The summed E-state index contributed by atoms with van der Waals surface area (Å²) in [6.07, 6.45) is -0.191. The van der Waals surface area contributed by atoms with E-state index in [1.54, 1.807) is 13.0 Å². The van der Waals surface area contributed by atoms with Crippen molar-refractivity contribution >= 4 is 17.7 Å². The van der Waals surface area contributed by atoms with E-state index in [0.29, 0.717) is 5.57 Å². The highest BCUT2D eigenvalue weighted by atomic mass is 16.7. The van der Waals surface area contributed by atoms with Crippen molar-refractivity contribution in [2.45, 2.75) is 52.1 Å². The number of ketones is 1. The Labute approximate surface area is 139 Å². The van der Waals surface area contributed by atoms with E-state index >= 15 is 0 Å². The summed E-state index contributed by atoms with van der Waals surface area (Å²) in [6.45, 7) is 6.33. The lowest BCUT2D eigenvalue weighted by atomic mass is 9.57. The number of cyclic esters (lactones) is 1. The molecule has 1 N–H and O–H groups in total. The Kier molecular flexibility index (Phi) is 3.84. The zero-order valence-electron chi connectivity index (χ0n) is 14.2. The van der Waals surface area contributed by atoms with Crippen LogP contribution in [0.15, 0.2) is 11.6 Å². The third-order valence-electron chi connectivity index (χ3n) is 5.60. The number of rotatable bonds is 1. The highest BCUT2D eigenvalue weighted by Gasteiger charge is 2.72. The van der Waals surface area contributed by atoms with Crippen LogP contribution >= 0.6 is 0 Å². The number of aliphatic hydroxyl groups is 1. The summed E-state index contributed by atoms with van der Waals surface area (Å²) in [5.74, 6) is -4.01. The van der Waals surface area contributed by atoms with E-state index in [1.165, 1.54) is 13.8 Å². The van der Waals surface area contributed by atoms with Crippen LogP contribution in [0, 0.1) is 17.3 Å². The standard InChI is InChI=1S/C17H22O7/c1-8-5-6-17(14(12(8)19)23-10(3)18)11-9(2)7-22-15(20)13(11)24-16(17,4)21/h5,9,11,13-14,21H,6-7H2,1-4H3/t9-,11+,13+,14-,16-,17+/m1/s1. The molecule has 24 heavy (non-hydrogen) atoms. The molecule has 0 saturated carbocycles. The molecule has 3 aliphatic rings. The zero-order chi connectivity index (χ0) is 17.9. The van der Waals surface area contributed by atoms with Crippen molar-refractivity contribution < 1.29 is 33.7 Å². The van der Waals surface area contributed by atoms with Gasteiger partial charge in [0.1, 0.15) is 0 Å². The molecule has 0 amide bonds. The highest BCUT2D eigenvalue weighted by Crippen LogP contribution is 2.60. The summed E-state index contributed by atoms with van der Waals surface area (Å²) in [7, 11) is 0. The maximum atomic E-state index is 12.7. The summed E-state index contributed by atoms with van der Waals surface area (Å²) >= 11 is 0. The fraction of sp³-hybridized carbons (Fsp3) is 0.706. The number of carbonyl (C=O) groups is 3. The van der Waals surface area contributed by atoms with Gasteiger partial charge in [-0.1, -0.05) is 13.0 Å². The number of hydrogen-bond acceptors (Lipinski definition) is 7. The van der Waals surface area contributed by atoms with Crippen LogP contribution in [0.5, 0.6) is 0 Å². The third kappa shape index (κ3) is 2.14. The van der Waals surface area contributed by atoms with Gasteiger partial charge < -0.3 is 19.3 Å². The predicted octanol–water partition coefficient (Wildman–Crippen LogP) is 0.740. The summed E-state index contributed by atoms with van der Waals surface area (Å²) in [6, 6.07) is 0. The lowest BCUT2D eigenvalue weighted by Crippen LogP contribution is -2.61. The molecule has 0 bridgehead atoms. The van der Waals surface area contributed by atoms with Gasteiger partial charge in [0.15, 0.2) is 23.8 Å². The topological polar surface area (TPSA) is 99.1 Å². The van der Waals surface area contributed by atoms with Gasteiger partial charge in [-0.25, -0.2) is 4.79 Å². The molecule has 0 aromatic heterocycles. The third-order valence-corrected chi connectivity index (χ3v) is 5.60. The maximum absolute atomic E-state index is 12.7. The Balaban J connectivity index is 2.17. The Morgan fingerprint density at radius 2 is 2.08 bits per heavy atom. The molecule has 0 unspecified atom stereocenters. The summed E-state index contributed by atoms with van der Waals surface area (Å²) < 4.78 is 16.1. The van der Waals surface area contributed by atoms with Crippen LogP contribution in [0.1, 0.15) is 34.1 Å². The molecule has 132 valence electrons. The van der Waals surface area contributed by atoms with E-state index in [-0.39, 0.29) is 24.7 Å². The van der Waals surface area contributed by atoms with Gasteiger partial charge in [0.2, 0.25) is 0 Å². The average molecular weight is 338 g/mol. The van der Waals surface area contributed by atoms with E-state index in [9.17, 15) is 19.5 Å². The minimum Gasteiger partial charge on any atom is -0.463 e. The van der Waals surface area contributed by atoms with Gasteiger partial charge >= 0.3 is 11.9 Å². The maximum Gasteiger partial charge on any atom is 0.335 e. The first kappa shape index (κ1) is 17.1. The smallest absolute Gasteiger partial charge is 0.335 e. The zero-order valence-corrected chi connectivity index (χ0v) is 14.2. The van der Waals surface area contributed by atoms with E-state index in [0.717, 1.165) is 0 Å². The molecule has 2 saturated heterocycles. The van der Waals surface area contributed by atoms with Crippen LogP contribution in [0.3, 0.4) is 0 Å². The molecule has 3 rings (SSSR count). The molecule has 7 heteroatoms. The first-order valence-electron chi connectivity index (χ1n) is 8.07. The SMILES string of the molecule is CC(=O)O[C@@H]1C(=O)C(C)=CC[C@]12[C@H]1[C@H](C)COC(=O)[C@H]1O[C@@]2(C)O.